The Bertz CT molecular complexity index is 921. The highest BCUT2D eigenvalue weighted by Gasteiger charge is 2.37. The van der Waals surface area contributed by atoms with Crippen molar-refractivity contribution in [1.82, 2.24) is 19.8 Å². The smallest absolute Gasteiger partial charge is 0.453 e. The first kappa shape index (κ1) is 19.9. The van der Waals surface area contributed by atoms with Crippen LogP contribution in [0.1, 0.15) is 38.6 Å². The Balaban J connectivity index is 1.61. The summed E-state index contributed by atoms with van der Waals surface area (Å²) in [7, 11) is 0. The van der Waals surface area contributed by atoms with Crippen LogP contribution in [0.15, 0.2) is 36.4 Å². The fraction of sp³-hybridized carbons (Fsp3) is 0.421. The molecule has 1 aromatic carbocycles. The zero-order valence-corrected chi connectivity index (χ0v) is 15.9. The summed E-state index contributed by atoms with van der Waals surface area (Å²) in [6, 6.07) is 11.0. The number of benzene rings is 1. The summed E-state index contributed by atoms with van der Waals surface area (Å²) in [4.78, 5) is 0. The second-order valence-corrected chi connectivity index (χ2v) is 6.90. The molecule has 3 rings (SSSR count). The van der Waals surface area contributed by atoms with Gasteiger partial charge in [-0.15, -0.1) is 15.3 Å². The van der Waals surface area contributed by atoms with Gasteiger partial charge in [0, 0.05) is 6.04 Å². The first-order chi connectivity index (χ1) is 13.2. The third-order valence-corrected chi connectivity index (χ3v) is 4.07. The van der Waals surface area contributed by atoms with Crippen molar-refractivity contribution in [3.05, 3.63) is 47.8 Å². The molecule has 2 heterocycles. The van der Waals surface area contributed by atoms with Gasteiger partial charge in [0.1, 0.15) is 11.6 Å². The van der Waals surface area contributed by atoms with E-state index in [2.05, 4.69) is 20.6 Å². The standard InChI is InChI=1S/C19H22F3N5O/c1-12(2)28-15-8-6-14(7-9-15)5-4-13(3)23-16-10-11-17-24-25-18(19(20,21)22)27(17)26-16/h6-13H,4-5H2,1-3H3,(H,23,26). The van der Waals surface area contributed by atoms with E-state index in [-0.39, 0.29) is 17.8 Å². The van der Waals surface area contributed by atoms with Crippen molar-refractivity contribution in [3.63, 3.8) is 0 Å². The minimum Gasteiger partial charge on any atom is -0.491 e. The van der Waals surface area contributed by atoms with E-state index in [4.69, 9.17) is 4.74 Å². The van der Waals surface area contributed by atoms with Gasteiger partial charge in [0.15, 0.2) is 5.65 Å². The molecule has 1 N–H and O–H groups in total. The van der Waals surface area contributed by atoms with Crippen LogP contribution in [0.2, 0.25) is 0 Å². The first-order valence-electron chi connectivity index (χ1n) is 9.04. The van der Waals surface area contributed by atoms with Gasteiger partial charge in [-0.2, -0.15) is 17.7 Å². The molecular weight excluding hydrogens is 371 g/mol. The number of anilines is 1. The first-order valence-corrected chi connectivity index (χ1v) is 9.04. The molecule has 0 bridgehead atoms. The summed E-state index contributed by atoms with van der Waals surface area (Å²) in [6.07, 6.45) is -2.87. The molecule has 0 aliphatic carbocycles. The van der Waals surface area contributed by atoms with Crippen LogP contribution >= 0.6 is 0 Å². The quantitative estimate of drug-likeness (QED) is 0.646. The summed E-state index contributed by atoms with van der Waals surface area (Å²) in [5.74, 6) is 0.0327. The largest absolute Gasteiger partial charge is 0.491 e. The lowest BCUT2D eigenvalue weighted by Gasteiger charge is -2.15. The maximum Gasteiger partial charge on any atom is 0.453 e. The number of hydrogen-bond donors (Lipinski definition) is 1. The van der Waals surface area contributed by atoms with Crippen LogP contribution in [0.5, 0.6) is 5.75 Å². The molecule has 6 nitrogen and oxygen atoms in total. The van der Waals surface area contributed by atoms with Gasteiger partial charge >= 0.3 is 6.18 Å². The maximum atomic E-state index is 13.0. The Kier molecular flexibility index (Phi) is 5.71. The zero-order valence-electron chi connectivity index (χ0n) is 15.9. The number of ether oxygens (including phenoxy) is 1. The second kappa shape index (κ2) is 8.04. The van der Waals surface area contributed by atoms with E-state index in [1.54, 1.807) is 6.07 Å². The average Bonchev–Trinajstić information content (AvgIpc) is 3.04. The topological polar surface area (TPSA) is 64.3 Å². The summed E-state index contributed by atoms with van der Waals surface area (Å²) in [5, 5.41) is 13.8. The maximum absolute atomic E-state index is 13.0. The normalized spacial score (nSPS) is 13.1. The zero-order chi connectivity index (χ0) is 20.3. The van der Waals surface area contributed by atoms with Gasteiger partial charge in [-0.1, -0.05) is 12.1 Å². The van der Waals surface area contributed by atoms with Crippen molar-refractivity contribution >= 4 is 11.5 Å². The molecule has 28 heavy (non-hydrogen) atoms. The van der Waals surface area contributed by atoms with E-state index in [1.165, 1.54) is 6.07 Å². The second-order valence-electron chi connectivity index (χ2n) is 6.90. The number of aryl methyl sites for hydroxylation is 1. The Morgan fingerprint density at radius 3 is 2.39 bits per heavy atom. The molecule has 0 fully saturated rings. The van der Waals surface area contributed by atoms with Crippen LogP contribution < -0.4 is 10.1 Å². The number of rotatable bonds is 7. The number of halogens is 3. The minimum absolute atomic E-state index is 0.0161. The van der Waals surface area contributed by atoms with Gasteiger partial charge in [-0.05, 0) is 63.4 Å². The van der Waals surface area contributed by atoms with E-state index in [0.717, 1.165) is 24.2 Å². The molecule has 0 aliphatic heterocycles. The molecule has 1 atom stereocenters. The Morgan fingerprint density at radius 2 is 1.75 bits per heavy atom. The highest BCUT2D eigenvalue weighted by molar-refractivity contribution is 5.44. The average molecular weight is 393 g/mol. The van der Waals surface area contributed by atoms with E-state index in [1.807, 2.05) is 45.0 Å². The van der Waals surface area contributed by atoms with E-state index in [9.17, 15) is 13.2 Å². The van der Waals surface area contributed by atoms with Gasteiger partial charge in [0.05, 0.1) is 6.10 Å². The molecule has 3 aromatic rings. The van der Waals surface area contributed by atoms with Crippen molar-refractivity contribution < 1.29 is 17.9 Å². The summed E-state index contributed by atoms with van der Waals surface area (Å²) in [5.41, 5.74) is 1.21. The molecule has 0 saturated carbocycles. The van der Waals surface area contributed by atoms with Crippen LogP contribution in [-0.2, 0) is 12.6 Å². The van der Waals surface area contributed by atoms with Crippen LogP contribution in [-0.4, -0.2) is 32.0 Å². The summed E-state index contributed by atoms with van der Waals surface area (Å²) in [6.45, 7) is 5.91. The molecule has 0 radical (unpaired) electrons. The number of nitrogens with one attached hydrogen (secondary N) is 1. The number of aromatic nitrogens is 4. The molecule has 2 aromatic heterocycles. The minimum atomic E-state index is -4.61. The van der Waals surface area contributed by atoms with Crippen LogP contribution in [0.25, 0.3) is 5.65 Å². The van der Waals surface area contributed by atoms with Gasteiger partial charge in [0.2, 0.25) is 0 Å². The van der Waals surface area contributed by atoms with Crippen LogP contribution in [0, 0.1) is 0 Å². The third-order valence-electron chi connectivity index (χ3n) is 4.07. The van der Waals surface area contributed by atoms with Crippen molar-refractivity contribution in [2.75, 3.05) is 5.32 Å². The Morgan fingerprint density at radius 1 is 1.04 bits per heavy atom. The number of alkyl halides is 3. The fourth-order valence-electron chi connectivity index (χ4n) is 2.76. The molecule has 0 amide bonds. The highest BCUT2D eigenvalue weighted by atomic mass is 19.4. The van der Waals surface area contributed by atoms with E-state index in [0.29, 0.717) is 10.3 Å². The summed E-state index contributed by atoms with van der Waals surface area (Å²) < 4.78 is 45.2. The lowest BCUT2D eigenvalue weighted by atomic mass is 10.1. The molecular formula is C19H22F3N5O. The molecule has 150 valence electrons. The van der Waals surface area contributed by atoms with Crippen molar-refractivity contribution in [2.24, 2.45) is 0 Å². The molecule has 1 unspecified atom stereocenters. The van der Waals surface area contributed by atoms with Crippen LogP contribution in [0.3, 0.4) is 0 Å². The van der Waals surface area contributed by atoms with E-state index < -0.39 is 12.0 Å². The number of hydrogen-bond acceptors (Lipinski definition) is 5. The van der Waals surface area contributed by atoms with Crippen molar-refractivity contribution in [3.8, 4) is 5.75 Å². The number of nitrogens with zero attached hydrogens (tertiary/aromatic N) is 4. The Labute approximate surface area is 160 Å². The fourth-order valence-corrected chi connectivity index (χ4v) is 2.76. The predicted octanol–water partition coefficient (Wildman–Crippen LogP) is 4.36. The van der Waals surface area contributed by atoms with Crippen molar-refractivity contribution in [2.45, 2.75) is 51.9 Å². The highest BCUT2D eigenvalue weighted by Crippen LogP contribution is 2.27. The van der Waals surface area contributed by atoms with Gasteiger partial charge in [-0.25, -0.2) is 0 Å². The SMILES string of the molecule is CC(CCc1ccc(OC(C)C)cc1)Nc1ccc2nnc(C(F)(F)F)n2n1. The van der Waals surface area contributed by atoms with E-state index >= 15 is 0 Å². The van der Waals surface area contributed by atoms with Crippen LogP contribution in [0.4, 0.5) is 19.0 Å². The van der Waals surface area contributed by atoms with Gasteiger partial charge in [0.25, 0.3) is 5.82 Å². The molecule has 9 heteroatoms. The Hall–Kier alpha value is -2.84. The monoisotopic (exact) mass is 393 g/mol. The van der Waals surface area contributed by atoms with Crippen molar-refractivity contribution in [1.29, 1.82) is 0 Å². The lowest BCUT2D eigenvalue weighted by molar-refractivity contribution is -0.146. The lowest BCUT2D eigenvalue weighted by Crippen LogP contribution is -2.19. The van der Waals surface area contributed by atoms with Gasteiger partial charge in [-0.3, -0.25) is 0 Å². The third kappa shape index (κ3) is 4.90. The predicted molar refractivity (Wildman–Crippen MR) is 99.4 cm³/mol. The molecule has 0 aliphatic rings. The molecule has 0 saturated heterocycles. The van der Waals surface area contributed by atoms with Gasteiger partial charge < -0.3 is 10.1 Å². The molecule has 0 spiro atoms. The number of fused-ring (bicyclic) bond motifs is 1. The summed E-state index contributed by atoms with van der Waals surface area (Å²) >= 11 is 0.